The van der Waals surface area contributed by atoms with E-state index in [1.54, 1.807) is 18.2 Å². The monoisotopic (exact) mass is 748 g/mol. The quantitative estimate of drug-likeness (QED) is 0.374. The molecule has 278 valence electrons. The number of amides is 5. The van der Waals surface area contributed by atoms with Crippen molar-refractivity contribution in [1.29, 1.82) is 5.26 Å². The second kappa shape index (κ2) is 14.4. The second-order valence-corrected chi connectivity index (χ2v) is 15.1. The van der Waals surface area contributed by atoms with Crippen molar-refractivity contribution in [3.05, 3.63) is 87.9 Å². The molecule has 4 saturated heterocycles. The van der Waals surface area contributed by atoms with Crippen molar-refractivity contribution in [1.82, 2.24) is 20.0 Å². The highest BCUT2D eigenvalue weighted by molar-refractivity contribution is 6.32. The summed E-state index contributed by atoms with van der Waals surface area (Å²) in [5.74, 6) is -2.00. The van der Waals surface area contributed by atoms with Crippen molar-refractivity contribution in [3.63, 3.8) is 0 Å². The summed E-state index contributed by atoms with van der Waals surface area (Å²) < 4.78 is 0. The van der Waals surface area contributed by atoms with Gasteiger partial charge in [-0.25, -0.2) is 0 Å². The second-order valence-electron chi connectivity index (χ2n) is 14.7. The Hall–Kier alpha value is -5.45. The molecule has 5 amide bonds. The number of halogens is 1. The molecule has 14 heteroatoms. The topological polar surface area (TPSA) is 141 Å². The first-order valence-corrected chi connectivity index (χ1v) is 18.9. The molecule has 0 saturated carbocycles. The van der Waals surface area contributed by atoms with Crippen LogP contribution in [-0.2, 0) is 9.59 Å². The summed E-state index contributed by atoms with van der Waals surface area (Å²) in [5, 5.41) is 11.9. The molecule has 5 aliphatic heterocycles. The highest BCUT2D eigenvalue weighted by Gasteiger charge is 2.45. The summed E-state index contributed by atoms with van der Waals surface area (Å²) in [4.78, 5) is 76.0. The molecule has 2 atom stereocenters. The smallest absolute Gasteiger partial charge is 0.262 e. The number of nitrogens with zero attached hydrogens (tertiary/aromatic N) is 7. The maximum absolute atomic E-state index is 13.5. The van der Waals surface area contributed by atoms with Crippen LogP contribution in [0.4, 0.5) is 17.1 Å². The highest BCUT2D eigenvalue weighted by Crippen LogP contribution is 2.33. The molecule has 1 unspecified atom stereocenters. The van der Waals surface area contributed by atoms with Gasteiger partial charge in [0.1, 0.15) is 12.1 Å². The van der Waals surface area contributed by atoms with Gasteiger partial charge in [0, 0.05) is 100 Å². The Bertz CT molecular complexity index is 2070. The van der Waals surface area contributed by atoms with Gasteiger partial charge in [0.25, 0.3) is 17.7 Å². The number of benzene rings is 3. The lowest BCUT2D eigenvalue weighted by atomic mass is 10.0. The lowest BCUT2D eigenvalue weighted by molar-refractivity contribution is -0.136. The van der Waals surface area contributed by atoms with E-state index in [2.05, 4.69) is 37.9 Å². The number of carbonyl (C=O) groups is 5. The van der Waals surface area contributed by atoms with Gasteiger partial charge in [0.15, 0.2) is 0 Å². The number of imide groups is 2. The predicted molar refractivity (Wildman–Crippen MR) is 203 cm³/mol. The van der Waals surface area contributed by atoms with E-state index < -0.39 is 29.7 Å². The first kappa shape index (κ1) is 35.6. The first-order chi connectivity index (χ1) is 26.1. The number of hydrogen-bond acceptors (Lipinski definition) is 10. The number of nitriles is 1. The molecule has 4 fully saturated rings. The number of hydrogen-bond donors (Lipinski definition) is 1. The van der Waals surface area contributed by atoms with E-state index >= 15 is 0 Å². The molecule has 0 bridgehead atoms. The molecule has 1 N–H and O–H groups in total. The van der Waals surface area contributed by atoms with Crippen molar-refractivity contribution < 1.29 is 24.0 Å². The standard InChI is InChI=1S/C40H41ClN8O5/c1-25-12-13-44(18-19-48(25)30-7-4-27(22-42)34(41)21-30)28-5-2-26(3-6-28)38(52)46-16-14-45(15-17-46)31-23-47(24-31)29-8-9-32-33(20-29)40(54)49(39(32)53)35-10-11-36(50)43-37(35)51/h2-9,20-21,25,31,35H,10-19,23-24H2,1H3,(H,43,50,51)/t25-,35?/m0/s1. The zero-order chi connectivity index (χ0) is 37.7. The van der Waals surface area contributed by atoms with Crippen molar-refractivity contribution in [2.75, 3.05) is 73.6 Å². The van der Waals surface area contributed by atoms with Crippen molar-refractivity contribution in [3.8, 4) is 6.07 Å². The van der Waals surface area contributed by atoms with Gasteiger partial charge in [-0.1, -0.05) is 11.6 Å². The van der Waals surface area contributed by atoms with Crippen LogP contribution in [0.3, 0.4) is 0 Å². The zero-order valence-electron chi connectivity index (χ0n) is 30.0. The molecular weight excluding hydrogens is 708 g/mol. The Kier molecular flexibility index (Phi) is 9.49. The van der Waals surface area contributed by atoms with E-state index in [9.17, 15) is 29.2 Å². The van der Waals surface area contributed by atoms with E-state index in [1.807, 2.05) is 47.4 Å². The predicted octanol–water partition coefficient (Wildman–Crippen LogP) is 3.36. The fourth-order valence-electron chi connectivity index (χ4n) is 8.31. The van der Waals surface area contributed by atoms with Crippen LogP contribution in [-0.4, -0.2) is 121 Å². The van der Waals surface area contributed by atoms with Crippen LogP contribution in [0.2, 0.25) is 5.02 Å². The summed E-state index contributed by atoms with van der Waals surface area (Å²) in [5.41, 5.74) is 4.66. The minimum absolute atomic E-state index is 0.0356. The molecular formula is C40H41ClN8O5. The number of rotatable bonds is 6. The molecule has 8 rings (SSSR count). The highest BCUT2D eigenvalue weighted by atomic mass is 35.5. The largest absolute Gasteiger partial charge is 0.370 e. The molecule has 0 radical (unpaired) electrons. The first-order valence-electron chi connectivity index (χ1n) is 18.5. The summed E-state index contributed by atoms with van der Waals surface area (Å²) in [7, 11) is 0. The normalized spacial score (nSPS) is 22.5. The summed E-state index contributed by atoms with van der Waals surface area (Å²) >= 11 is 6.34. The SMILES string of the molecule is C[C@H]1CCN(c2ccc(C(=O)N3CCN(C4CN(c5ccc6c(c5)C(=O)N(C5CCC(=O)NC5=O)C6=O)C4)CC3)cc2)CCN1c1ccc(C#N)c(Cl)c1. The Morgan fingerprint density at radius 2 is 1.48 bits per heavy atom. The molecule has 0 spiro atoms. The molecule has 3 aromatic carbocycles. The summed E-state index contributed by atoms with van der Waals surface area (Å²) in [6.45, 7) is 9.09. The van der Waals surface area contributed by atoms with Crippen LogP contribution < -0.4 is 20.0 Å². The van der Waals surface area contributed by atoms with Crippen molar-refractivity contribution in [2.24, 2.45) is 0 Å². The molecule has 0 aliphatic carbocycles. The number of anilines is 3. The maximum Gasteiger partial charge on any atom is 0.262 e. The van der Waals surface area contributed by atoms with Gasteiger partial charge >= 0.3 is 0 Å². The Morgan fingerprint density at radius 3 is 2.19 bits per heavy atom. The van der Waals surface area contributed by atoms with Gasteiger partial charge < -0.3 is 19.6 Å². The van der Waals surface area contributed by atoms with E-state index in [4.69, 9.17) is 11.6 Å². The number of carbonyl (C=O) groups excluding carboxylic acids is 5. The van der Waals surface area contributed by atoms with Gasteiger partial charge in [0.2, 0.25) is 11.8 Å². The number of piperidine rings is 1. The molecule has 5 aliphatic rings. The number of fused-ring (bicyclic) bond motifs is 1. The van der Waals surface area contributed by atoms with Gasteiger partial charge in [0.05, 0.1) is 21.7 Å². The van der Waals surface area contributed by atoms with Crippen molar-refractivity contribution >= 4 is 58.2 Å². The zero-order valence-corrected chi connectivity index (χ0v) is 30.8. The van der Waals surface area contributed by atoms with Gasteiger partial charge in [-0.2, -0.15) is 5.26 Å². The average molecular weight is 749 g/mol. The van der Waals surface area contributed by atoms with E-state index in [0.29, 0.717) is 41.3 Å². The summed E-state index contributed by atoms with van der Waals surface area (Å²) in [6, 6.07) is 20.5. The average Bonchev–Trinajstić information content (AvgIpc) is 3.26. The molecule has 0 aromatic heterocycles. The van der Waals surface area contributed by atoms with E-state index in [0.717, 1.165) is 74.2 Å². The van der Waals surface area contributed by atoms with Crippen molar-refractivity contribution in [2.45, 2.75) is 44.3 Å². The third-order valence-corrected chi connectivity index (χ3v) is 11.9. The molecule has 3 aromatic rings. The molecule has 54 heavy (non-hydrogen) atoms. The van der Waals surface area contributed by atoms with Crippen LogP contribution >= 0.6 is 11.6 Å². The van der Waals surface area contributed by atoms with Gasteiger partial charge in [-0.3, -0.25) is 39.1 Å². The van der Waals surface area contributed by atoms with Crippen LogP contribution in [0.15, 0.2) is 60.7 Å². The molecule has 13 nitrogen and oxygen atoms in total. The minimum atomic E-state index is -0.985. The fraction of sp³-hybridized carbons (Fsp3) is 0.400. The lowest BCUT2D eigenvalue weighted by Gasteiger charge is -2.49. The van der Waals surface area contributed by atoms with Gasteiger partial charge in [-0.15, -0.1) is 0 Å². The van der Waals surface area contributed by atoms with Gasteiger partial charge in [-0.05, 0) is 80.4 Å². The third-order valence-electron chi connectivity index (χ3n) is 11.6. The molecule has 5 heterocycles. The van der Waals surface area contributed by atoms with Crippen LogP contribution in [0.25, 0.3) is 0 Å². The van der Waals surface area contributed by atoms with Crippen LogP contribution in [0, 0.1) is 11.3 Å². The minimum Gasteiger partial charge on any atom is -0.370 e. The number of nitrogens with one attached hydrogen (secondary N) is 1. The number of piperazine rings is 1. The summed E-state index contributed by atoms with van der Waals surface area (Å²) in [6.07, 6.45) is 1.17. The Balaban J connectivity index is 0.819. The van der Waals surface area contributed by atoms with E-state index in [-0.39, 0.29) is 29.9 Å². The van der Waals surface area contributed by atoms with E-state index in [1.165, 1.54) is 0 Å². The third kappa shape index (κ3) is 6.54. The fourth-order valence-corrected chi connectivity index (χ4v) is 8.53. The Morgan fingerprint density at radius 1 is 0.778 bits per heavy atom. The van der Waals surface area contributed by atoms with Crippen LogP contribution in [0.5, 0.6) is 0 Å². The Labute approximate surface area is 318 Å². The lowest BCUT2D eigenvalue weighted by Crippen LogP contribution is -2.63. The van der Waals surface area contributed by atoms with Crippen LogP contribution in [0.1, 0.15) is 62.8 Å². The maximum atomic E-state index is 13.5.